The highest BCUT2D eigenvalue weighted by molar-refractivity contribution is 5.60. The monoisotopic (exact) mass is 270 g/mol. The molecule has 0 aromatic rings. The van der Waals surface area contributed by atoms with E-state index in [0.717, 1.165) is 44.9 Å². The second-order valence-corrected chi connectivity index (χ2v) is 5.88. The number of rotatable bonds is 3. The van der Waals surface area contributed by atoms with E-state index in [1.165, 1.54) is 6.42 Å². The molecule has 2 aliphatic carbocycles. The van der Waals surface area contributed by atoms with Crippen molar-refractivity contribution in [1.29, 1.82) is 0 Å². The summed E-state index contributed by atoms with van der Waals surface area (Å²) in [6.07, 6.45) is 8.01. The SMILES string of the molecule is COC1CCCCC1OC(=O)OC1CCCCC1C. The summed E-state index contributed by atoms with van der Waals surface area (Å²) in [6.45, 7) is 2.15. The fourth-order valence-corrected chi connectivity index (χ4v) is 3.20. The number of carbonyl (C=O) groups excluding carboxylic acids is 1. The van der Waals surface area contributed by atoms with Crippen LogP contribution in [0.3, 0.4) is 0 Å². The van der Waals surface area contributed by atoms with Crippen molar-refractivity contribution in [2.45, 2.75) is 76.6 Å². The second kappa shape index (κ2) is 7.13. The van der Waals surface area contributed by atoms with Crippen molar-refractivity contribution < 1.29 is 19.0 Å². The number of carbonyl (C=O) groups is 1. The Morgan fingerprint density at radius 3 is 2.00 bits per heavy atom. The lowest BCUT2D eigenvalue weighted by Crippen LogP contribution is -2.37. The molecule has 2 saturated carbocycles. The molecule has 0 spiro atoms. The molecule has 0 saturated heterocycles. The molecule has 19 heavy (non-hydrogen) atoms. The van der Waals surface area contributed by atoms with Gasteiger partial charge < -0.3 is 14.2 Å². The zero-order valence-corrected chi connectivity index (χ0v) is 12.1. The molecule has 4 unspecified atom stereocenters. The summed E-state index contributed by atoms with van der Waals surface area (Å²) in [7, 11) is 1.68. The molecule has 4 heteroatoms. The number of hydrogen-bond donors (Lipinski definition) is 0. The molecule has 0 N–H and O–H groups in total. The molecule has 0 radical (unpaired) electrons. The van der Waals surface area contributed by atoms with E-state index in [1.807, 2.05) is 0 Å². The predicted octanol–water partition coefficient (Wildman–Crippen LogP) is 3.68. The Morgan fingerprint density at radius 2 is 1.37 bits per heavy atom. The van der Waals surface area contributed by atoms with Crippen LogP contribution in [0.2, 0.25) is 0 Å². The first kappa shape index (κ1) is 14.6. The Kier molecular flexibility index (Phi) is 5.49. The van der Waals surface area contributed by atoms with E-state index >= 15 is 0 Å². The number of hydrogen-bond acceptors (Lipinski definition) is 4. The Bertz CT molecular complexity index is 292. The van der Waals surface area contributed by atoms with E-state index in [2.05, 4.69) is 6.92 Å². The van der Waals surface area contributed by atoms with Gasteiger partial charge in [-0.25, -0.2) is 4.79 Å². The predicted molar refractivity (Wildman–Crippen MR) is 72.0 cm³/mol. The zero-order chi connectivity index (χ0) is 13.7. The maximum atomic E-state index is 11.9. The van der Waals surface area contributed by atoms with E-state index in [0.29, 0.717) is 5.92 Å². The number of ether oxygens (including phenoxy) is 3. The lowest BCUT2D eigenvalue weighted by molar-refractivity contribution is -0.0809. The van der Waals surface area contributed by atoms with Crippen molar-refractivity contribution in [1.82, 2.24) is 0 Å². The third-order valence-corrected chi connectivity index (χ3v) is 4.47. The standard InChI is InChI=1S/C15H26O4/c1-11-7-3-4-8-12(11)18-15(16)19-14-10-6-5-9-13(14)17-2/h11-14H,3-10H2,1-2H3. The fourth-order valence-electron chi connectivity index (χ4n) is 3.20. The normalized spacial score (nSPS) is 35.7. The van der Waals surface area contributed by atoms with Crippen molar-refractivity contribution in [3.05, 3.63) is 0 Å². The van der Waals surface area contributed by atoms with Gasteiger partial charge in [0.05, 0.1) is 6.10 Å². The molecule has 2 aliphatic rings. The van der Waals surface area contributed by atoms with Gasteiger partial charge in [-0.2, -0.15) is 0 Å². The third kappa shape index (κ3) is 4.10. The quantitative estimate of drug-likeness (QED) is 0.734. The van der Waals surface area contributed by atoms with Gasteiger partial charge in [-0.05, 0) is 44.4 Å². The van der Waals surface area contributed by atoms with Gasteiger partial charge in [0.1, 0.15) is 12.2 Å². The van der Waals surface area contributed by atoms with E-state index in [4.69, 9.17) is 14.2 Å². The summed E-state index contributed by atoms with van der Waals surface area (Å²) < 4.78 is 16.3. The van der Waals surface area contributed by atoms with Gasteiger partial charge in [-0.1, -0.05) is 19.8 Å². The average Bonchev–Trinajstić information content (AvgIpc) is 2.42. The average molecular weight is 270 g/mol. The molecular weight excluding hydrogens is 244 g/mol. The summed E-state index contributed by atoms with van der Waals surface area (Å²) in [5.74, 6) is 0.450. The molecule has 0 bridgehead atoms. The van der Waals surface area contributed by atoms with Crippen LogP contribution in [0.1, 0.15) is 58.3 Å². The molecule has 4 nitrogen and oxygen atoms in total. The highest BCUT2D eigenvalue weighted by Gasteiger charge is 2.31. The Morgan fingerprint density at radius 1 is 0.842 bits per heavy atom. The summed E-state index contributed by atoms with van der Waals surface area (Å²) in [5.41, 5.74) is 0. The van der Waals surface area contributed by atoms with Crippen molar-refractivity contribution in [2.75, 3.05) is 7.11 Å². The van der Waals surface area contributed by atoms with Gasteiger partial charge in [-0.3, -0.25) is 0 Å². The van der Waals surface area contributed by atoms with Crippen molar-refractivity contribution in [2.24, 2.45) is 5.92 Å². The minimum atomic E-state index is -0.507. The lowest BCUT2D eigenvalue weighted by atomic mass is 9.88. The largest absolute Gasteiger partial charge is 0.508 e. The van der Waals surface area contributed by atoms with Crippen LogP contribution in [0.15, 0.2) is 0 Å². The van der Waals surface area contributed by atoms with Crippen LogP contribution in [0.4, 0.5) is 4.79 Å². The first-order chi connectivity index (χ1) is 9.20. The maximum absolute atomic E-state index is 11.9. The highest BCUT2D eigenvalue weighted by Crippen LogP contribution is 2.28. The molecule has 4 atom stereocenters. The van der Waals surface area contributed by atoms with E-state index in [1.54, 1.807) is 7.11 Å². The van der Waals surface area contributed by atoms with Crippen LogP contribution in [0, 0.1) is 5.92 Å². The highest BCUT2D eigenvalue weighted by atomic mass is 16.7. The fraction of sp³-hybridized carbons (Fsp3) is 0.933. The summed E-state index contributed by atoms with van der Waals surface area (Å²) in [5, 5.41) is 0. The molecule has 0 aliphatic heterocycles. The second-order valence-electron chi connectivity index (χ2n) is 5.88. The van der Waals surface area contributed by atoms with Crippen LogP contribution < -0.4 is 0 Å². The Labute approximate surface area is 115 Å². The van der Waals surface area contributed by atoms with Gasteiger partial charge >= 0.3 is 6.16 Å². The van der Waals surface area contributed by atoms with Crippen molar-refractivity contribution >= 4 is 6.16 Å². The van der Waals surface area contributed by atoms with E-state index in [9.17, 15) is 4.79 Å². The molecule has 0 amide bonds. The van der Waals surface area contributed by atoms with Gasteiger partial charge in [-0.15, -0.1) is 0 Å². The van der Waals surface area contributed by atoms with E-state index < -0.39 is 6.16 Å². The van der Waals surface area contributed by atoms with Crippen LogP contribution in [-0.4, -0.2) is 31.6 Å². The first-order valence-electron chi connectivity index (χ1n) is 7.60. The zero-order valence-electron chi connectivity index (χ0n) is 12.1. The smallest absolute Gasteiger partial charge is 0.431 e. The molecule has 0 heterocycles. The van der Waals surface area contributed by atoms with Crippen molar-refractivity contribution in [3.8, 4) is 0 Å². The third-order valence-electron chi connectivity index (χ3n) is 4.47. The molecule has 110 valence electrons. The van der Waals surface area contributed by atoms with Gasteiger partial charge in [0.15, 0.2) is 0 Å². The van der Waals surface area contributed by atoms with Crippen LogP contribution in [0.5, 0.6) is 0 Å². The minimum Gasteiger partial charge on any atom is -0.431 e. The summed E-state index contributed by atoms with van der Waals surface area (Å²) in [6, 6.07) is 0. The Balaban J connectivity index is 1.79. The summed E-state index contributed by atoms with van der Waals surface area (Å²) >= 11 is 0. The number of methoxy groups -OCH3 is 1. The van der Waals surface area contributed by atoms with Crippen LogP contribution in [-0.2, 0) is 14.2 Å². The lowest BCUT2D eigenvalue weighted by Gasteiger charge is -2.32. The van der Waals surface area contributed by atoms with Gasteiger partial charge in [0, 0.05) is 7.11 Å². The first-order valence-corrected chi connectivity index (χ1v) is 7.60. The minimum absolute atomic E-state index is 0.0325. The van der Waals surface area contributed by atoms with Gasteiger partial charge in [0.2, 0.25) is 0 Å². The molecule has 0 aromatic carbocycles. The molecule has 0 aromatic heterocycles. The topological polar surface area (TPSA) is 44.8 Å². The van der Waals surface area contributed by atoms with Gasteiger partial charge in [0.25, 0.3) is 0 Å². The maximum Gasteiger partial charge on any atom is 0.508 e. The van der Waals surface area contributed by atoms with Crippen molar-refractivity contribution in [3.63, 3.8) is 0 Å². The molecule has 2 rings (SSSR count). The Hall–Kier alpha value is -0.770. The van der Waals surface area contributed by atoms with Crippen LogP contribution >= 0.6 is 0 Å². The summed E-state index contributed by atoms with van der Waals surface area (Å²) in [4.78, 5) is 11.9. The molecular formula is C15H26O4. The molecule has 2 fully saturated rings. The van der Waals surface area contributed by atoms with Crippen LogP contribution in [0.25, 0.3) is 0 Å². The van der Waals surface area contributed by atoms with E-state index in [-0.39, 0.29) is 18.3 Å².